The third-order valence-electron chi connectivity index (χ3n) is 3.60. The van der Waals surface area contributed by atoms with E-state index in [9.17, 15) is 5.11 Å². The maximum atomic E-state index is 9.34. The number of methoxy groups -OCH3 is 2. The molecule has 2 atom stereocenters. The fraction of sp³-hybridized carbons (Fsp3) is 0.571. The van der Waals surface area contributed by atoms with Crippen LogP contribution in [0.4, 0.5) is 0 Å². The molecule has 4 heteroatoms. The molecular formula is C14H21NO3. The third kappa shape index (κ3) is 2.31. The second-order valence-electron chi connectivity index (χ2n) is 4.75. The van der Waals surface area contributed by atoms with E-state index < -0.39 is 0 Å². The lowest BCUT2D eigenvalue weighted by Gasteiger charge is -2.31. The first-order valence-electron chi connectivity index (χ1n) is 6.30. The zero-order valence-electron chi connectivity index (χ0n) is 11.2. The van der Waals surface area contributed by atoms with Gasteiger partial charge in [0.1, 0.15) is 0 Å². The van der Waals surface area contributed by atoms with Gasteiger partial charge in [-0.1, -0.05) is 6.92 Å². The SMILES string of the molecule is COc1cc2c(cc1OC)C(C(C)CO)NCC2. The van der Waals surface area contributed by atoms with Gasteiger partial charge in [0.15, 0.2) is 11.5 Å². The molecule has 1 heterocycles. The molecule has 2 rings (SSSR count). The summed E-state index contributed by atoms with van der Waals surface area (Å²) in [5, 5.41) is 12.8. The fourth-order valence-corrected chi connectivity index (χ4v) is 2.53. The number of fused-ring (bicyclic) bond motifs is 1. The van der Waals surface area contributed by atoms with Crippen LogP contribution in [-0.2, 0) is 6.42 Å². The van der Waals surface area contributed by atoms with E-state index in [4.69, 9.17) is 9.47 Å². The zero-order chi connectivity index (χ0) is 13.1. The van der Waals surface area contributed by atoms with Gasteiger partial charge in [-0.2, -0.15) is 0 Å². The van der Waals surface area contributed by atoms with E-state index in [1.54, 1.807) is 14.2 Å². The molecule has 0 saturated heterocycles. The maximum Gasteiger partial charge on any atom is 0.161 e. The second kappa shape index (κ2) is 5.59. The fourth-order valence-electron chi connectivity index (χ4n) is 2.53. The quantitative estimate of drug-likeness (QED) is 0.852. The van der Waals surface area contributed by atoms with Crippen LogP contribution in [0.3, 0.4) is 0 Å². The highest BCUT2D eigenvalue weighted by molar-refractivity contribution is 5.49. The number of aliphatic hydroxyl groups excluding tert-OH is 1. The van der Waals surface area contributed by atoms with Gasteiger partial charge in [-0.3, -0.25) is 0 Å². The molecule has 1 aromatic carbocycles. The lowest BCUT2D eigenvalue weighted by atomic mass is 9.87. The van der Waals surface area contributed by atoms with Gasteiger partial charge >= 0.3 is 0 Å². The normalized spacial score (nSPS) is 20.1. The lowest BCUT2D eigenvalue weighted by Crippen LogP contribution is -2.35. The molecule has 0 aliphatic carbocycles. The third-order valence-corrected chi connectivity index (χ3v) is 3.60. The van der Waals surface area contributed by atoms with Crippen LogP contribution in [0.5, 0.6) is 11.5 Å². The van der Waals surface area contributed by atoms with E-state index in [2.05, 4.69) is 5.32 Å². The van der Waals surface area contributed by atoms with Crippen LogP contribution in [0.25, 0.3) is 0 Å². The highest BCUT2D eigenvalue weighted by Gasteiger charge is 2.26. The molecule has 1 aliphatic heterocycles. The molecule has 0 bridgehead atoms. The number of hydrogen-bond acceptors (Lipinski definition) is 4. The molecule has 1 aliphatic rings. The summed E-state index contributed by atoms with van der Waals surface area (Å²) in [6.07, 6.45) is 0.977. The largest absolute Gasteiger partial charge is 0.493 e. The van der Waals surface area contributed by atoms with E-state index in [1.807, 2.05) is 19.1 Å². The molecule has 0 saturated carbocycles. The van der Waals surface area contributed by atoms with Crippen LogP contribution in [0, 0.1) is 5.92 Å². The predicted molar refractivity (Wildman–Crippen MR) is 70.2 cm³/mol. The van der Waals surface area contributed by atoms with Gasteiger partial charge in [0.05, 0.1) is 14.2 Å². The van der Waals surface area contributed by atoms with Crippen LogP contribution in [0.15, 0.2) is 12.1 Å². The maximum absolute atomic E-state index is 9.34. The van der Waals surface area contributed by atoms with Crippen molar-refractivity contribution >= 4 is 0 Å². The first-order valence-corrected chi connectivity index (χ1v) is 6.30. The van der Waals surface area contributed by atoms with Gasteiger partial charge in [0.25, 0.3) is 0 Å². The van der Waals surface area contributed by atoms with E-state index in [-0.39, 0.29) is 18.6 Å². The molecule has 1 aromatic rings. The van der Waals surface area contributed by atoms with Crippen molar-refractivity contribution in [3.8, 4) is 11.5 Å². The Bertz CT molecular complexity index is 420. The summed E-state index contributed by atoms with van der Waals surface area (Å²) in [7, 11) is 3.30. The molecule has 2 unspecified atom stereocenters. The van der Waals surface area contributed by atoms with Crippen LogP contribution in [-0.4, -0.2) is 32.5 Å². The Kier molecular flexibility index (Phi) is 4.09. The van der Waals surface area contributed by atoms with Crippen LogP contribution in [0.2, 0.25) is 0 Å². The molecule has 0 radical (unpaired) electrons. The molecule has 18 heavy (non-hydrogen) atoms. The van der Waals surface area contributed by atoms with Crippen molar-refractivity contribution in [1.82, 2.24) is 5.32 Å². The molecule has 0 spiro atoms. The van der Waals surface area contributed by atoms with Crippen molar-refractivity contribution in [3.05, 3.63) is 23.3 Å². The van der Waals surface area contributed by atoms with Gasteiger partial charge in [-0.15, -0.1) is 0 Å². The van der Waals surface area contributed by atoms with Gasteiger partial charge in [0.2, 0.25) is 0 Å². The first kappa shape index (κ1) is 13.2. The van der Waals surface area contributed by atoms with Gasteiger partial charge in [-0.25, -0.2) is 0 Å². The predicted octanol–water partition coefficient (Wildman–Crippen LogP) is 1.52. The minimum Gasteiger partial charge on any atom is -0.493 e. The molecule has 0 fully saturated rings. The summed E-state index contributed by atoms with van der Waals surface area (Å²) in [5.41, 5.74) is 2.48. The number of aliphatic hydroxyl groups is 1. The number of hydrogen-bond donors (Lipinski definition) is 2. The van der Waals surface area contributed by atoms with Crippen molar-refractivity contribution in [2.45, 2.75) is 19.4 Å². The summed E-state index contributed by atoms with van der Waals surface area (Å²) in [6, 6.07) is 4.25. The van der Waals surface area contributed by atoms with Crippen LogP contribution in [0.1, 0.15) is 24.1 Å². The number of benzene rings is 1. The molecule has 0 aromatic heterocycles. The van der Waals surface area contributed by atoms with Gasteiger partial charge in [0, 0.05) is 12.6 Å². The van der Waals surface area contributed by atoms with Crippen molar-refractivity contribution < 1.29 is 14.6 Å². The molecule has 100 valence electrons. The number of ether oxygens (including phenoxy) is 2. The highest BCUT2D eigenvalue weighted by Crippen LogP contribution is 2.37. The monoisotopic (exact) mass is 251 g/mol. The summed E-state index contributed by atoms with van der Waals surface area (Å²) in [5.74, 6) is 1.70. The standard InChI is InChI=1S/C14H21NO3/c1-9(8-16)14-11-7-13(18-3)12(17-2)6-10(11)4-5-15-14/h6-7,9,14-16H,4-5,8H2,1-3H3. The average molecular weight is 251 g/mol. The second-order valence-corrected chi connectivity index (χ2v) is 4.75. The Morgan fingerprint density at radius 3 is 2.61 bits per heavy atom. The van der Waals surface area contributed by atoms with E-state index in [0.29, 0.717) is 0 Å². The minimum atomic E-state index is 0.172. The highest BCUT2D eigenvalue weighted by atomic mass is 16.5. The van der Waals surface area contributed by atoms with Crippen molar-refractivity contribution in [3.63, 3.8) is 0 Å². The Morgan fingerprint density at radius 2 is 2.00 bits per heavy atom. The minimum absolute atomic E-state index is 0.172. The Morgan fingerprint density at radius 1 is 1.33 bits per heavy atom. The number of nitrogens with one attached hydrogen (secondary N) is 1. The molecule has 4 nitrogen and oxygen atoms in total. The van der Waals surface area contributed by atoms with Crippen LogP contribution < -0.4 is 14.8 Å². The van der Waals surface area contributed by atoms with Crippen molar-refractivity contribution in [1.29, 1.82) is 0 Å². The number of rotatable bonds is 4. The topological polar surface area (TPSA) is 50.7 Å². The summed E-state index contributed by atoms with van der Waals surface area (Å²) >= 11 is 0. The summed E-state index contributed by atoms with van der Waals surface area (Å²) < 4.78 is 10.7. The van der Waals surface area contributed by atoms with E-state index >= 15 is 0 Å². The molecule has 0 amide bonds. The Hall–Kier alpha value is -1.26. The Balaban J connectivity index is 2.43. The lowest BCUT2D eigenvalue weighted by molar-refractivity contribution is 0.199. The van der Waals surface area contributed by atoms with E-state index in [1.165, 1.54) is 11.1 Å². The molecule has 2 N–H and O–H groups in total. The Labute approximate surface area is 108 Å². The summed E-state index contributed by atoms with van der Waals surface area (Å²) in [4.78, 5) is 0. The summed E-state index contributed by atoms with van der Waals surface area (Å²) in [6.45, 7) is 3.15. The van der Waals surface area contributed by atoms with E-state index in [0.717, 1.165) is 24.5 Å². The molecular weight excluding hydrogens is 230 g/mol. The van der Waals surface area contributed by atoms with Crippen molar-refractivity contribution in [2.24, 2.45) is 5.92 Å². The van der Waals surface area contributed by atoms with Crippen molar-refractivity contribution in [2.75, 3.05) is 27.4 Å². The zero-order valence-corrected chi connectivity index (χ0v) is 11.2. The van der Waals surface area contributed by atoms with Gasteiger partial charge < -0.3 is 19.9 Å². The van der Waals surface area contributed by atoms with Gasteiger partial charge in [-0.05, 0) is 42.1 Å². The first-order chi connectivity index (χ1) is 8.71. The average Bonchev–Trinajstić information content (AvgIpc) is 2.44. The van der Waals surface area contributed by atoms with Crippen LogP contribution >= 0.6 is 0 Å². The smallest absolute Gasteiger partial charge is 0.161 e.